The molecule has 0 aromatic heterocycles. The number of hydrogen-bond acceptors (Lipinski definition) is 4. The van der Waals surface area contributed by atoms with Crippen LogP contribution in [0.1, 0.15) is 97.5 Å². The first-order valence-corrected chi connectivity index (χ1v) is 11.4. The third kappa shape index (κ3) is 10.5. The minimum atomic E-state index is -0.228. The van der Waals surface area contributed by atoms with Crippen LogP contribution in [-0.2, 0) is 9.59 Å². The second-order valence-corrected chi connectivity index (χ2v) is 8.32. The van der Waals surface area contributed by atoms with Crippen LogP contribution in [0.3, 0.4) is 0 Å². The van der Waals surface area contributed by atoms with Gasteiger partial charge in [0.25, 0.3) is 0 Å². The van der Waals surface area contributed by atoms with Crippen molar-refractivity contribution in [2.45, 2.75) is 98.8 Å². The molecule has 0 aliphatic rings. The van der Waals surface area contributed by atoms with Gasteiger partial charge in [-0.15, -0.1) is 0 Å². The zero-order valence-corrected chi connectivity index (χ0v) is 19.1. The normalized spacial score (nSPS) is 13.0. The molecule has 4 heteroatoms. The Hall–Kier alpha value is -1.84. The summed E-state index contributed by atoms with van der Waals surface area (Å²) in [4.78, 5) is 24.7. The van der Waals surface area contributed by atoms with Gasteiger partial charge in [0, 0.05) is 6.07 Å². The molecule has 0 aliphatic heterocycles. The van der Waals surface area contributed by atoms with Gasteiger partial charge in [-0.3, -0.25) is 9.59 Å². The molecule has 1 rings (SSSR count). The number of carbonyl (C=O) groups excluding carboxylic acids is 2. The maximum atomic E-state index is 12.4. The molecule has 0 fully saturated rings. The lowest BCUT2D eigenvalue weighted by atomic mass is 10.0. The molecule has 0 saturated carbocycles. The standard InChI is InChI=1S/C25H40O4/c1-6-8-10-12-14-20(4)24(26)28-22-16-19(3)17-23(18-22)29-25(27)21(5)15-13-11-9-7-2/h16-18,20-21H,6-15H2,1-5H3. The number of unbranched alkanes of at least 4 members (excludes halogenated alkanes) is 6. The molecule has 0 spiro atoms. The molecule has 2 atom stereocenters. The Balaban J connectivity index is 2.58. The van der Waals surface area contributed by atoms with E-state index in [0.29, 0.717) is 11.5 Å². The van der Waals surface area contributed by atoms with Crippen molar-refractivity contribution in [2.24, 2.45) is 11.8 Å². The number of esters is 2. The second-order valence-electron chi connectivity index (χ2n) is 8.32. The lowest BCUT2D eigenvalue weighted by molar-refractivity contribution is -0.139. The van der Waals surface area contributed by atoms with Crippen LogP contribution in [0.25, 0.3) is 0 Å². The predicted octanol–water partition coefficient (Wildman–Crippen LogP) is 7.02. The minimum Gasteiger partial charge on any atom is -0.426 e. The Labute approximate surface area is 177 Å². The highest BCUT2D eigenvalue weighted by molar-refractivity contribution is 5.76. The number of benzene rings is 1. The monoisotopic (exact) mass is 404 g/mol. The molecular weight excluding hydrogens is 364 g/mol. The Bertz CT molecular complexity index is 573. The highest BCUT2D eigenvalue weighted by Crippen LogP contribution is 2.25. The fraction of sp³-hybridized carbons (Fsp3) is 0.680. The van der Waals surface area contributed by atoms with Crippen molar-refractivity contribution in [3.05, 3.63) is 23.8 Å². The summed E-state index contributed by atoms with van der Waals surface area (Å²) >= 11 is 0. The van der Waals surface area contributed by atoms with Gasteiger partial charge in [-0.05, 0) is 37.5 Å². The van der Waals surface area contributed by atoms with Crippen molar-refractivity contribution in [1.29, 1.82) is 0 Å². The number of hydrogen-bond donors (Lipinski definition) is 0. The smallest absolute Gasteiger partial charge is 0.314 e. The molecule has 1 aromatic rings. The molecule has 0 aliphatic carbocycles. The van der Waals surface area contributed by atoms with Crippen LogP contribution in [0.5, 0.6) is 11.5 Å². The lowest BCUT2D eigenvalue weighted by Gasteiger charge is -2.14. The molecule has 0 heterocycles. The van der Waals surface area contributed by atoms with Crippen molar-refractivity contribution in [3.63, 3.8) is 0 Å². The molecular formula is C25H40O4. The highest BCUT2D eigenvalue weighted by Gasteiger charge is 2.18. The second kappa shape index (κ2) is 14.2. The number of ether oxygens (including phenoxy) is 2. The van der Waals surface area contributed by atoms with Crippen LogP contribution >= 0.6 is 0 Å². The molecule has 164 valence electrons. The average Bonchev–Trinajstić information content (AvgIpc) is 2.67. The summed E-state index contributed by atoms with van der Waals surface area (Å²) in [7, 11) is 0. The van der Waals surface area contributed by atoms with Crippen molar-refractivity contribution >= 4 is 11.9 Å². The Morgan fingerprint density at radius 3 is 1.52 bits per heavy atom. The van der Waals surface area contributed by atoms with E-state index in [1.807, 2.05) is 20.8 Å². The molecule has 2 unspecified atom stereocenters. The molecule has 0 amide bonds. The molecule has 29 heavy (non-hydrogen) atoms. The van der Waals surface area contributed by atoms with Crippen molar-refractivity contribution < 1.29 is 19.1 Å². The van der Waals surface area contributed by atoms with Gasteiger partial charge in [0.05, 0.1) is 11.8 Å². The van der Waals surface area contributed by atoms with E-state index in [-0.39, 0.29) is 23.8 Å². The summed E-state index contributed by atoms with van der Waals surface area (Å²) < 4.78 is 11.1. The van der Waals surface area contributed by atoms with Crippen LogP contribution < -0.4 is 9.47 Å². The topological polar surface area (TPSA) is 52.6 Å². The van der Waals surface area contributed by atoms with Gasteiger partial charge in [-0.2, -0.15) is 0 Å². The third-order valence-corrected chi connectivity index (χ3v) is 5.25. The number of rotatable bonds is 14. The summed E-state index contributed by atoms with van der Waals surface area (Å²) in [6.07, 6.45) is 10.8. The molecule has 0 N–H and O–H groups in total. The summed E-state index contributed by atoms with van der Waals surface area (Å²) in [5, 5.41) is 0. The van der Waals surface area contributed by atoms with E-state index in [1.54, 1.807) is 18.2 Å². The fourth-order valence-corrected chi connectivity index (χ4v) is 3.26. The highest BCUT2D eigenvalue weighted by atomic mass is 16.5. The quantitative estimate of drug-likeness (QED) is 0.190. The van der Waals surface area contributed by atoms with Gasteiger partial charge >= 0.3 is 11.9 Å². The van der Waals surface area contributed by atoms with E-state index in [9.17, 15) is 9.59 Å². The Kier molecular flexibility index (Phi) is 12.3. The fourth-order valence-electron chi connectivity index (χ4n) is 3.26. The number of aryl methyl sites for hydroxylation is 1. The average molecular weight is 405 g/mol. The van der Waals surface area contributed by atoms with E-state index in [1.165, 1.54) is 25.7 Å². The molecule has 0 bridgehead atoms. The van der Waals surface area contributed by atoms with E-state index < -0.39 is 0 Å². The van der Waals surface area contributed by atoms with Gasteiger partial charge < -0.3 is 9.47 Å². The maximum absolute atomic E-state index is 12.4. The van der Waals surface area contributed by atoms with Crippen molar-refractivity contribution in [2.75, 3.05) is 0 Å². The van der Waals surface area contributed by atoms with Crippen LogP contribution in [0, 0.1) is 18.8 Å². The first kappa shape index (κ1) is 25.2. The first-order valence-electron chi connectivity index (χ1n) is 11.4. The molecule has 1 aromatic carbocycles. The van der Waals surface area contributed by atoms with Crippen molar-refractivity contribution in [1.82, 2.24) is 0 Å². The zero-order chi connectivity index (χ0) is 21.6. The summed E-state index contributed by atoms with van der Waals surface area (Å²) in [5.74, 6) is 0.146. The minimum absolute atomic E-state index is 0.137. The summed E-state index contributed by atoms with van der Waals surface area (Å²) in [5.41, 5.74) is 0.893. The van der Waals surface area contributed by atoms with E-state index >= 15 is 0 Å². The summed E-state index contributed by atoms with van der Waals surface area (Å²) in [6.45, 7) is 10.1. The van der Waals surface area contributed by atoms with Gasteiger partial charge in [0.15, 0.2) is 0 Å². The van der Waals surface area contributed by atoms with Crippen LogP contribution in [-0.4, -0.2) is 11.9 Å². The third-order valence-electron chi connectivity index (χ3n) is 5.25. The van der Waals surface area contributed by atoms with Crippen LogP contribution in [0.2, 0.25) is 0 Å². The van der Waals surface area contributed by atoms with Crippen LogP contribution in [0.15, 0.2) is 18.2 Å². The molecule has 4 nitrogen and oxygen atoms in total. The van der Waals surface area contributed by atoms with Gasteiger partial charge in [-0.1, -0.05) is 79.1 Å². The Morgan fingerprint density at radius 2 is 1.14 bits per heavy atom. The van der Waals surface area contributed by atoms with Gasteiger partial charge in [0.1, 0.15) is 11.5 Å². The van der Waals surface area contributed by atoms with Crippen LogP contribution in [0.4, 0.5) is 0 Å². The van der Waals surface area contributed by atoms with E-state index in [0.717, 1.165) is 44.1 Å². The number of carbonyl (C=O) groups is 2. The van der Waals surface area contributed by atoms with Gasteiger partial charge in [-0.25, -0.2) is 0 Å². The lowest BCUT2D eigenvalue weighted by Crippen LogP contribution is -2.19. The first-order chi connectivity index (χ1) is 13.9. The van der Waals surface area contributed by atoms with Gasteiger partial charge in [0.2, 0.25) is 0 Å². The Morgan fingerprint density at radius 1 is 0.724 bits per heavy atom. The molecule has 0 saturated heterocycles. The largest absolute Gasteiger partial charge is 0.426 e. The maximum Gasteiger partial charge on any atom is 0.314 e. The SMILES string of the molecule is CCCCCCC(C)C(=O)Oc1cc(C)cc(OC(=O)C(C)CCCCCC)c1. The van der Waals surface area contributed by atoms with E-state index in [2.05, 4.69) is 13.8 Å². The zero-order valence-electron chi connectivity index (χ0n) is 19.1. The van der Waals surface area contributed by atoms with E-state index in [4.69, 9.17) is 9.47 Å². The predicted molar refractivity (Wildman–Crippen MR) is 118 cm³/mol. The van der Waals surface area contributed by atoms with Crippen molar-refractivity contribution in [3.8, 4) is 11.5 Å². The summed E-state index contributed by atoms with van der Waals surface area (Å²) in [6, 6.07) is 5.23. The molecule has 0 radical (unpaired) electrons.